The van der Waals surface area contributed by atoms with Gasteiger partial charge in [-0.25, -0.2) is 0 Å². The van der Waals surface area contributed by atoms with Crippen molar-refractivity contribution < 1.29 is 17.9 Å². The molecule has 2 fully saturated rings. The van der Waals surface area contributed by atoms with Gasteiger partial charge in [0.15, 0.2) is 6.29 Å². The summed E-state index contributed by atoms with van der Waals surface area (Å²) in [5, 5.41) is 8.02. The van der Waals surface area contributed by atoms with E-state index in [-0.39, 0.29) is 16.7 Å². The number of aromatic nitrogens is 2. The van der Waals surface area contributed by atoms with Crippen LogP contribution in [-0.2, 0) is 14.8 Å². The molecule has 0 radical (unpaired) electrons. The third kappa shape index (κ3) is 3.98. The molecule has 0 saturated carbocycles. The number of fused-ring (bicyclic) bond motifs is 1. The van der Waals surface area contributed by atoms with E-state index in [0.29, 0.717) is 23.7 Å². The zero-order valence-corrected chi connectivity index (χ0v) is 19.3. The molecule has 1 N–H and O–H groups in total. The number of carbonyl (C=O) groups excluding carboxylic acids is 1. The molecule has 3 heterocycles. The molecule has 174 valence electrons. The van der Waals surface area contributed by atoms with Crippen LogP contribution < -0.4 is 15.1 Å². The van der Waals surface area contributed by atoms with Crippen LogP contribution in [0, 0.1) is 0 Å². The van der Waals surface area contributed by atoms with Gasteiger partial charge in [-0.15, -0.1) is 0 Å². The van der Waals surface area contributed by atoms with Gasteiger partial charge >= 0.3 is 0 Å². The van der Waals surface area contributed by atoms with Gasteiger partial charge in [-0.3, -0.25) is 4.79 Å². The van der Waals surface area contributed by atoms with Crippen molar-refractivity contribution in [1.29, 1.82) is 0 Å². The Balaban J connectivity index is 1.56. The Hall–Kier alpha value is -2.95. The summed E-state index contributed by atoms with van der Waals surface area (Å²) in [5.74, 6) is 0. The van der Waals surface area contributed by atoms with Crippen molar-refractivity contribution >= 4 is 38.6 Å². The molecule has 1 atom stereocenters. The summed E-state index contributed by atoms with van der Waals surface area (Å²) in [4.78, 5) is 16.1. The van der Waals surface area contributed by atoms with E-state index >= 15 is 0 Å². The number of hydrogen-bond acceptors (Lipinski definition) is 8. The Morgan fingerprint density at radius 1 is 1.06 bits per heavy atom. The Morgan fingerprint density at radius 3 is 2.58 bits per heavy atom. The third-order valence-electron chi connectivity index (χ3n) is 6.44. The minimum absolute atomic E-state index is 0.110. The molecule has 2 aliphatic heterocycles. The predicted molar refractivity (Wildman–Crippen MR) is 127 cm³/mol. The van der Waals surface area contributed by atoms with E-state index in [1.54, 1.807) is 31.4 Å². The summed E-state index contributed by atoms with van der Waals surface area (Å²) >= 11 is 0. The number of carbonyl (C=O) groups is 1. The van der Waals surface area contributed by atoms with Crippen LogP contribution in [0.15, 0.2) is 47.4 Å². The number of piperazine rings is 1. The van der Waals surface area contributed by atoms with Crippen molar-refractivity contribution in [3.8, 4) is 0 Å². The molecular weight excluding hydrogens is 442 g/mol. The first kappa shape index (κ1) is 21.9. The lowest BCUT2D eigenvalue weighted by atomic mass is 10.2. The van der Waals surface area contributed by atoms with Crippen molar-refractivity contribution in [2.45, 2.75) is 17.4 Å². The number of nitrogens with zero attached hydrogens (tertiary/aromatic N) is 4. The Bertz CT molecular complexity index is 1280. The first-order valence-corrected chi connectivity index (χ1v) is 12.5. The summed E-state index contributed by atoms with van der Waals surface area (Å²) in [5.41, 5.74) is 2.25. The van der Waals surface area contributed by atoms with Gasteiger partial charge in [-0.1, -0.05) is 6.07 Å². The average Bonchev–Trinajstić information content (AvgIpc) is 3.49. The summed E-state index contributed by atoms with van der Waals surface area (Å²) in [7, 11) is -2.32. The van der Waals surface area contributed by atoms with Crippen molar-refractivity contribution in [3.05, 3.63) is 48.2 Å². The fraction of sp³-hybridized carbons (Fsp3) is 0.391. The highest BCUT2D eigenvalue weighted by Gasteiger charge is 2.27. The number of hydrogen-bond donors (Lipinski definition) is 1. The molecule has 3 aromatic rings. The number of nitrogens with one attached hydrogen (secondary N) is 1. The van der Waals surface area contributed by atoms with Crippen LogP contribution in [0.5, 0.6) is 0 Å². The van der Waals surface area contributed by atoms with E-state index < -0.39 is 10.0 Å². The smallest absolute Gasteiger partial charge is 0.283 e. The molecule has 2 aliphatic rings. The number of ether oxygens (including phenoxy) is 1. The van der Waals surface area contributed by atoms with E-state index in [1.165, 1.54) is 0 Å². The van der Waals surface area contributed by atoms with Crippen molar-refractivity contribution in [2.24, 2.45) is 0 Å². The monoisotopic (exact) mass is 469 g/mol. The first-order chi connectivity index (χ1) is 16.0. The topological polar surface area (TPSA) is 96.8 Å². The van der Waals surface area contributed by atoms with Crippen LogP contribution in [0.2, 0.25) is 0 Å². The predicted octanol–water partition coefficient (Wildman–Crippen LogP) is 1.72. The van der Waals surface area contributed by atoms with E-state index in [0.717, 1.165) is 54.6 Å². The molecule has 2 aromatic carbocycles. The number of anilines is 2. The summed E-state index contributed by atoms with van der Waals surface area (Å²) in [6.45, 7) is 4.90. The van der Waals surface area contributed by atoms with Crippen LogP contribution in [0.4, 0.5) is 11.4 Å². The summed E-state index contributed by atoms with van der Waals surface area (Å²) in [6, 6.07) is 12.4. The molecule has 0 bridgehead atoms. The van der Waals surface area contributed by atoms with Gasteiger partial charge in [0, 0.05) is 63.1 Å². The van der Waals surface area contributed by atoms with Crippen molar-refractivity contribution in [3.63, 3.8) is 0 Å². The van der Waals surface area contributed by atoms with Gasteiger partial charge in [-0.05, 0) is 42.8 Å². The Kier molecular flexibility index (Phi) is 5.81. The number of methoxy groups -OCH3 is 1. The maximum Gasteiger partial charge on any atom is 0.283 e. The summed E-state index contributed by atoms with van der Waals surface area (Å²) < 4.78 is 33.8. The highest BCUT2D eigenvalue weighted by Crippen LogP contribution is 2.29. The molecular formula is C23H27N5O4S. The number of benzene rings is 2. The number of rotatable bonds is 6. The van der Waals surface area contributed by atoms with Crippen LogP contribution in [0.1, 0.15) is 16.9 Å². The fourth-order valence-corrected chi connectivity index (χ4v) is 5.91. The Labute approximate surface area is 193 Å². The van der Waals surface area contributed by atoms with Gasteiger partial charge in [-0.2, -0.15) is 17.6 Å². The molecule has 0 aliphatic carbocycles. The van der Waals surface area contributed by atoms with Crippen LogP contribution in [0.25, 0.3) is 10.9 Å². The molecule has 1 aromatic heterocycles. The zero-order chi connectivity index (χ0) is 23.0. The molecule has 10 heteroatoms. The lowest BCUT2D eigenvalue weighted by Crippen LogP contribution is -2.43. The Morgan fingerprint density at radius 2 is 1.85 bits per heavy atom. The van der Waals surface area contributed by atoms with Crippen LogP contribution in [-0.4, -0.2) is 76.4 Å². The van der Waals surface area contributed by atoms with E-state index in [4.69, 9.17) is 4.74 Å². The normalized spacial score (nSPS) is 19.4. The molecule has 9 nitrogen and oxygen atoms in total. The minimum atomic E-state index is -4.02. The van der Waals surface area contributed by atoms with Gasteiger partial charge in [0.2, 0.25) is 0 Å². The molecule has 0 amide bonds. The number of aldehydes is 1. The lowest BCUT2D eigenvalue weighted by molar-refractivity contribution is 0.112. The SMILES string of the molecule is COC1CCN(c2cccc(S(=O)(=O)n3nc(C=O)c4ccc(N5CCNCC5)cc43)c2)C1. The van der Waals surface area contributed by atoms with Crippen LogP contribution >= 0.6 is 0 Å². The highest BCUT2D eigenvalue weighted by molar-refractivity contribution is 7.90. The maximum atomic E-state index is 13.7. The molecule has 0 spiro atoms. The van der Waals surface area contributed by atoms with E-state index in [9.17, 15) is 13.2 Å². The van der Waals surface area contributed by atoms with Crippen LogP contribution in [0.3, 0.4) is 0 Å². The highest BCUT2D eigenvalue weighted by atomic mass is 32.2. The van der Waals surface area contributed by atoms with Gasteiger partial charge < -0.3 is 19.9 Å². The van der Waals surface area contributed by atoms with E-state index in [2.05, 4.69) is 20.2 Å². The maximum absolute atomic E-state index is 13.7. The van der Waals surface area contributed by atoms with E-state index in [1.807, 2.05) is 18.2 Å². The summed E-state index contributed by atoms with van der Waals surface area (Å²) in [6.07, 6.45) is 1.64. The van der Waals surface area contributed by atoms with Crippen molar-refractivity contribution in [1.82, 2.24) is 14.5 Å². The average molecular weight is 470 g/mol. The molecule has 33 heavy (non-hydrogen) atoms. The first-order valence-electron chi connectivity index (χ1n) is 11.1. The minimum Gasteiger partial charge on any atom is -0.380 e. The molecule has 2 saturated heterocycles. The standard InChI is InChI=1S/C23H27N5O4S/c1-32-19-7-10-27(15-19)17-3-2-4-20(13-17)33(30,31)28-23-14-18(26-11-8-24-9-12-26)5-6-21(23)22(16-29)25-28/h2-6,13-14,16,19,24H,7-12,15H2,1H3. The zero-order valence-electron chi connectivity index (χ0n) is 18.5. The second-order valence-electron chi connectivity index (χ2n) is 8.38. The molecule has 1 unspecified atom stereocenters. The van der Waals surface area contributed by atoms with Crippen molar-refractivity contribution in [2.75, 3.05) is 56.2 Å². The van der Waals surface area contributed by atoms with Gasteiger partial charge in [0.25, 0.3) is 10.0 Å². The lowest BCUT2D eigenvalue weighted by Gasteiger charge is -2.29. The largest absolute Gasteiger partial charge is 0.380 e. The molecule has 5 rings (SSSR count). The second-order valence-corrected chi connectivity index (χ2v) is 10.1. The van der Waals surface area contributed by atoms with Gasteiger partial charge in [0.05, 0.1) is 16.5 Å². The fourth-order valence-electron chi connectivity index (χ4n) is 4.59. The van der Waals surface area contributed by atoms with Gasteiger partial charge in [0.1, 0.15) is 5.69 Å². The quantitative estimate of drug-likeness (QED) is 0.545. The third-order valence-corrected chi connectivity index (χ3v) is 8.03. The second kappa shape index (κ2) is 8.77.